The fourth-order valence-electron chi connectivity index (χ4n) is 8.61. The van der Waals surface area contributed by atoms with E-state index in [0.29, 0.717) is 70.5 Å². The van der Waals surface area contributed by atoms with E-state index in [9.17, 15) is 0 Å². The van der Waals surface area contributed by atoms with Crippen LogP contribution in [0.2, 0.25) is 0 Å². The Kier molecular flexibility index (Phi) is 19.7. The summed E-state index contributed by atoms with van der Waals surface area (Å²) in [7, 11) is -4.39. The van der Waals surface area contributed by atoms with Gasteiger partial charge in [0.25, 0.3) is 0 Å². The van der Waals surface area contributed by atoms with Crippen molar-refractivity contribution >= 4 is 7.82 Å². The molecule has 0 amide bonds. The second-order valence-corrected chi connectivity index (χ2v) is 23.1. The SMILES string of the molecule is CC(C)Cc1ccc(OP(=O)(Oc2ccc(CC(C)C)c(CC(C)C)c2CC(C)C)Oc2ccc(CC(C)C)c(CC(C)C)c2CC(C)C)c(CC(C)C)c1CC(C)C. The van der Waals surface area contributed by atoms with Crippen LogP contribution in [0.1, 0.15) is 175 Å². The van der Waals surface area contributed by atoms with Crippen LogP contribution in [0.4, 0.5) is 0 Å². The molecule has 3 aromatic carbocycles. The lowest BCUT2D eigenvalue weighted by atomic mass is 9.86. The van der Waals surface area contributed by atoms with Crippen molar-refractivity contribution in [3.05, 3.63) is 86.5 Å². The van der Waals surface area contributed by atoms with Crippen LogP contribution in [0.5, 0.6) is 17.2 Å². The van der Waals surface area contributed by atoms with E-state index in [1.165, 1.54) is 33.4 Å². The zero-order valence-corrected chi connectivity index (χ0v) is 42.0. The van der Waals surface area contributed by atoms with E-state index >= 15 is 4.57 Å². The lowest BCUT2D eigenvalue weighted by molar-refractivity contribution is 0.293. The Balaban J connectivity index is 2.46. The molecule has 0 aliphatic carbocycles. The van der Waals surface area contributed by atoms with Gasteiger partial charge in [-0.15, -0.1) is 0 Å². The summed E-state index contributed by atoms with van der Waals surface area (Å²) in [6.45, 7) is 40.9. The van der Waals surface area contributed by atoms with Gasteiger partial charge >= 0.3 is 7.82 Å². The fraction of sp³-hybridized carbons (Fsp3) is 0.667. The fourth-order valence-corrected chi connectivity index (χ4v) is 9.96. The van der Waals surface area contributed by atoms with Gasteiger partial charge < -0.3 is 13.6 Å². The number of phosphoric ester groups is 1. The van der Waals surface area contributed by atoms with Gasteiger partial charge in [0.05, 0.1) is 0 Å². The first kappa shape index (κ1) is 50.6. The average Bonchev–Trinajstić information content (AvgIpc) is 3.07. The molecule has 0 heterocycles. The normalized spacial score (nSPS) is 12.6. The molecular formula is C54H87O4P. The summed E-state index contributed by atoms with van der Waals surface area (Å²) in [6.07, 6.45) is 8.17. The quantitative estimate of drug-likeness (QED) is 0.0844. The minimum atomic E-state index is -4.39. The molecule has 0 saturated heterocycles. The van der Waals surface area contributed by atoms with Gasteiger partial charge in [-0.25, -0.2) is 0 Å². The van der Waals surface area contributed by atoms with Crippen LogP contribution in [-0.2, 0) is 62.4 Å². The Bertz CT molecular complexity index is 1600. The van der Waals surface area contributed by atoms with Gasteiger partial charge in [-0.3, -0.25) is 0 Å². The molecule has 3 rings (SSSR count). The molecule has 5 heteroatoms. The number of benzene rings is 3. The third-order valence-corrected chi connectivity index (χ3v) is 11.9. The molecule has 0 aromatic heterocycles. The summed E-state index contributed by atoms with van der Waals surface area (Å²) in [5.41, 5.74) is 11.4. The van der Waals surface area contributed by atoms with Crippen molar-refractivity contribution in [2.45, 2.75) is 182 Å². The van der Waals surface area contributed by atoms with Gasteiger partial charge in [0, 0.05) is 0 Å². The van der Waals surface area contributed by atoms with Crippen molar-refractivity contribution in [3.8, 4) is 17.2 Å². The van der Waals surface area contributed by atoms with Crippen LogP contribution >= 0.6 is 7.82 Å². The Morgan fingerprint density at radius 1 is 0.305 bits per heavy atom. The first-order chi connectivity index (χ1) is 27.5. The monoisotopic (exact) mass is 831 g/mol. The van der Waals surface area contributed by atoms with Crippen molar-refractivity contribution in [1.29, 1.82) is 0 Å². The number of hydrogen-bond donors (Lipinski definition) is 0. The van der Waals surface area contributed by atoms with E-state index < -0.39 is 7.82 Å². The molecule has 0 saturated carbocycles. The minimum absolute atomic E-state index is 0.369. The summed E-state index contributed by atoms with van der Waals surface area (Å²) < 4.78 is 37.1. The molecule has 0 fully saturated rings. The standard InChI is InChI=1S/C54H87O4P/c1-34(2)25-43-19-22-52(49(31-40(13)14)46(43)28-37(7)8)56-59(55,57-53-23-20-44(26-35(3)4)47(29-38(9)10)50(53)32-41(15)16)58-54-24-21-45(27-36(5)6)48(30-39(11)12)51(54)33-42(17)18/h19-24,34-42H,25-33H2,1-18H3. The minimum Gasteiger partial charge on any atom is -0.386 e. The first-order valence-electron chi connectivity index (χ1n) is 23.6. The Labute approximate surface area is 364 Å². The third kappa shape index (κ3) is 15.9. The predicted molar refractivity (Wildman–Crippen MR) is 256 cm³/mol. The second kappa shape index (κ2) is 22.9. The van der Waals surface area contributed by atoms with Crippen molar-refractivity contribution < 1.29 is 18.1 Å². The van der Waals surface area contributed by atoms with E-state index in [2.05, 4.69) is 161 Å². The summed E-state index contributed by atoms with van der Waals surface area (Å²) in [5.74, 6) is 5.81. The zero-order chi connectivity index (χ0) is 44.4. The molecular weight excluding hydrogens is 744 g/mol. The molecule has 0 spiro atoms. The van der Waals surface area contributed by atoms with Crippen LogP contribution in [-0.4, -0.2) is 0 Å². The van der Waals surface area contributed by atoms with Gasteiger partial charge in [0.1, 0.15) is 17.2 Å². The number of phosphoric acid groups is 1. The van der Waals surface area contributed by atoms with Crippen LogP contribution in [0.25, 0.3) is 0 Å². The molecule has 0 unspecified atom stereocenters. The maximum absolute atomic E-state index is 16.2. The summed E-state index contributed by atoms with van der Waals surface area (Å²) in [4.78, 5) is 0. The van der Waals surface area contributed by atoms with Crippen molar-refractivity contribution in [3.63, 3.8) is 0 Å². The number of rotatable bonds is 24. The van der Waals surface area contributed by atoms with E-state index in [-0.39, 0.29) is 0 Å². The maximum Gasteiger partial charge on any atom is 0.647 e. The van der Waals surface area contributed by atoms with Crippen molar-refractivity contribution in [2.24, 2.45) is 53.3 Å². The van der Waals surface area contributed by atoms with Crippen LogP contribution in [0, 0.1) is 53.3 Å². The highest BCUT2D eigenvalue weighted by Crippen LogP contribution is 2.54. The third-order valence-electron chi connectivity index (χ3n) is 10.6. The van der Waals surface area contributed by atoms with Crippen molar-refractivity contribution in [1.82, 2.24) is 0 Å². The van der Waals surface area contributed by atoms with Crippen LogP contribution in [0.3, 0.4) is 0 Å². The summed E-state index contributed by atoms with van der Waals surface area (Å²) in [6, 6.07) is 12.8. The number of hydrogen-bond acceptors (Lipinski definition) is 4. The van der Waals surface area contributed by atoms with Crippen molar-refractivity contribution in [2.75, 3.05) is 0 Å². The largest absolute Gasteiger partial charge is 0.647 e. The van der Waals surface area contributed by atoms with Gasteiger partial charge in [0.2, 0.25) is 0 Å². The molecule has 59 heavy (non-hydrogen) atoms. The molecule has 0 radical (unpaired) electrons. The maximum atomic E-state index is 16.2. The molecule has 0 aliphatic heterocycles. The van der Waals surface area contributed by atoms with E-state index in [0.717, 1.165) is 74.5 Å². The molecule has 4 nitrogen and oxygen atoms in total. The topological polar surface area (TPSA) is 44.8 Å². The van der Waals surface area contributed by atoms with E-state index in [4.69, 9.17) is 13.6 Å². The Morgan fingerprint density at radius 3 is 0.678 bits per heavy atom. The molecule has 332 valence electrons. The summed E-state index contributed by atoms with van der Waals surface area (Å²) >= 11 is 0. The van der Waals surface area contributed by atoms with E-state index in [1.807, 2.05) is 0 Å². The predicted octanol–water partition coefficient (Wildman–Crippen LogP) is 16.1. The first-order valence-corrected chi connectivity index (χ1v) is 25.0. The van der Waals surface area contributed by atoms with Crippen LogP contribution < -0.4 is 13.6 Å². The molecule has 0 atom stereocenters. The average molecular weight is 831 g/mol. The van der Waals surface area contributed by atoms with Gasteiger partial charge in [-0.2, -0.15) is 4.57 Å². The van der Waals surface area contributed by atoms with Crippen LogP contribution in [0.15, 0.2) is 36.4 Å². The summed E-state index contributed by atoms with van der Waals surface area (Å²) in [5, 5.41) is 0. The zero-order valence-electron chi connectivity index (χ0n) is 41.1. The Hall–Kier alpha value is -2.71. The van der Waals surface area contributed by atoms with Gasteiger partial charge in [-0.1, -0.05) is 143 Å². The lowest BCUT2D eigenvalue weighted by Gasteiger charge is -2.28. The Morgan fingerprint density at radius 2 is 0.492 bits per heavy atom. The molecule has 3 aromatic rings. The highest BCUT2D eigenvalue weighted by atomic mass is 31.2. The van der Waals surface area contributed by atoms with E-state index in [1.54, 1.807) is 0 Å². The smallest absolute Gasteiger partial charge is 0.386 e. The molecule has 0 N–H and O–H groups in total. The lowest BCUT2D eigenvalue weighted by Crippen LogP contribution is -2.16. The molecule has 0 bridgehead atoms. The highest BCUT2D eigenvalue weighted by Gasteiger charge is 2.38. The van der Waals surface area contributed by atoms with Gasteiger partial charge in [0.15, 0.2) is 0 Å². The van der Waals surface area contributed by atoms with Gasteiger partial charge in [-0.05, 0) is 179 Å². The highest BCUT2D eigenvalue weighted by molar-refractivity contribution is 7.49. The molecule has 0 aliphatic rings. The second-order valence-electron chi connectivity index (χ2n) is 21.6.